The molecule has 0 fully saturated rings. The normalized spacial score (nSPS) is 10.3. The van der Waals surface area contributed by atoms with Crippen molar-refractivity contribution in [3.05, 3.63) is 47.7 Å². The summed E-state index contributed by atoms with van der Waals surface area (Å²) in [5.41, 5.74) is 2.84. The Labute approximate surface area is 101 Å². The van der Waals surface area contributed by atoms with Crippen molar-refractivity contribution in [1.82, 2.24) is 10.2 Å². The van der Waals surface area contributed by atoms with Gasteiger partial charge in [0.15, 0.2) is 5.82 Å². The predicted octanol–water partition coefficient (Wildman–Crippen LogP) is 2.05. The van der Waals surface area contributed by atoms with Crippen LogP contribution in [0, 0.1) is 6.92 Å². The van der Waals surface area contributed by atoms with E-state index in [2.05, 4.69) is 29.3 Å². The molecule has 0 spiro atoms. The van der Waals surface area contributed by atoms with E-state index in [-0.39, 0.29) is 6.61 Å². The lowest BCUT2D eigenvalue weighted by Crippen LogP contribution is -2.12. The van der Waals surface area contributed by atoms with Crippen molar-refractivity contribution in [1.29, 1.82) is 0 Å². The molecule has 88 valence electrons. The summed E-state index contributed by atoms with van der Waals surface area (Å²) in [5.74, 6) is 0.757. The average Bonchev–Trinajstić information content (AvgIpc) is 2.38. The van der Waals surface area contributed by atoms with Crippen LogP contribution in [0.5, 0.6) is 0 Å². The van der Waals surface area contributed by atoms with Gasteiger partial charge < -0.3 is 10.0 Å². The van der Waals surface area contributed by atoms with E-state index in [0.29, 0.717) is 5.69 Å². The minimum atomic E-state index is -0.0819. The molecule has 0 bridgehead atoms. The lowest BCUT2D eigenvalue weighted by Gasteiger charge is -2.18. The first-order valence-electron chi connectivity index (χ1n) is 5.44. The zero-order valence-corrected chi connectivity index (χ0v) is 9.96. The zero-order chi connectivity index (χ0) is 12.3. The van der Waals surface area contributed by atoms with E-state index in [1.54, 1.807) is 6.07 Å². The standard InChI is InChI=1S/C13H15N3O/c1-10-4-3-5-12(8-10)16(2)13-7-6-11(9-17)14-15-13/h3-8,17H,9H2,1-2H3. The highest BCUT2D eigenvalue weighted by atomic mass is 16.3. The first-order valence-corrected chi connectivity index (χ1v) is 5.44. The summed E-state index contributed by atoms with van der Waals surface area (Å²) >= 11 is 0. The van der Waals surface area contributed by atoms with E-state index in [0.717, 1.165) is 11.5 Å². The minimum absolute atomic E-state index is 0.0819. The summed E-state index contributed by atoms with van der Waals surface area (Å²) in [6, 6.07) is 11.8. The first-order chi connectivity index (χ1) is 8.20. The van der Waals surface area contributed by atoms with Crippen LogP contribution < -0.4 is 4.90 Å². The quantitative estimate of drug-likeness (QED) is 0.875. The Hall–Kier alpha value is -1.94. The number of anilines is 2. The van der Waals surface area contributed by atoms with Crippen molar-refractivity contribution in [3.63, 3.8) is 0 Å². The zero-order valence-electron chi connectivity index (χ0n) is 9.96. The van der Waals surface area contributed by atoms with Gasteiger partial charge in [-0.3, -0.25) is 0 Å². The Bertz CT molecular complexity index is 496. The Kier molecular flexibility index (Phi) is 3.35. The Morgan fingerprint density at radius 3 is 2.59 bits per heavy atom. The highest BCUT2D eigenvalue weighted by molar-refractivity contribution is 5.59. The van der Waals surface area contributed by atoms with Gasteiger partial charge in [0, 0.05) is 12.7 Å². The van der Waals surface area contributed by atoms with Crippen LogP contribution >= 0.6 is 0 Å². The molecule has 0 aliphatic rings. The fraction of sp³-hybridized carbons (Fsp3) is 0.231. The Morgan fingerprint density at radius 1 is 1.18 bits per heavy atom. The lowest BCUT2D eigenvalue weighted by atomic mass is 10.2. The van der Waals surface area contributed by atoms with Crippen molar-refractivity contribution < 1.29 is 5.11 Å². The number of aliphatic hydroxyl groups excluding tert-OH is 1. The van der Waals surface area contributed by atoms with Gasteiger partial charge in [0.1, 0.15) is 0 Å². The van der Waals surface area contributed by atoms with E-state index >= 15 is 0 Å². The molecular formula is C13H15N3O. The number of aromatic nitrogens is 2. The Morgan fingerprint density at radius 2 is 2.00 bits per heavy atom. The summed E-state index contributed by atoms with van der Waals surface area (Å²) in [6.07, 6.45) is 0. The lowest BCUT2D eigenvalue weighted by molar-refractivity contribution is 0.275. The molecule has 0 saturated heterocycles. The molecule has 0 unspecified atom stereocenters. The average molecular weight is 229 g/mol. The van der Waals surface area contributed by atoms with Crippen molar-refractivity contribution in [2.75, 3.05) is 11.9 Å². The third-order valence-corrected chi connectivity index (χ3v) is 2.60. The molecule has 1 heterocycles. The summed E-state index contributed by atoms with van der Waals surface area (Å²) in [5, 5.41) is 16.9. The summed E-state index contributed by atoms with van der Waals surface area (Å²) < 4.78 is 0. The highest BCUT2D eigenvalue weighted by Gasteiger charge is 2.05. The van der Waals surface area contributed by atoms with Gasteiger partial charge in [0.05, 0.1) is 12.3 Å². The topological polar surface area (TPSA) is 49.2 Å². The SMILES string of the molecule is Cc1cccc(N(C)c2ccc(CO)nn2)c1. The molecule has 0 radical (unpaired) electrons. The first kappa shape index (κ1) is 11.5. The molecule has 0 amide bonds. The number of aliphatic hydroxyl groups is 1. The van der Waals surface area contributed by atoms with Gasteiger partial charge in [-0.15, -0.1) is 5.10 Å². The molecule has 0 saturated carbocycles. The number of aryl methyl sites for hydroxylation is 1. The van der Waals surface area contributed by atoms with Gasteiger partial charge in [-0.25, -0.2) is 0 Å². The molecule has 0 aliphatic carbocycles. The van der Waals surface area contributed by atoms with Crippen molar-refractivity contribution in [2.45, 2.75) is 13.5 Å². The maximum Gasteiger partial charge on any atom is 0.155 e. The molecule has 4 heteroatoms. The summed E-state index contributed by atoms with van der Waals surface area (Å²) in [7, 11) is 1.94. The van der Waals surface area contributed by atoms with Crippen LogP contribution in [0.25, 0.3) is 0 Å². The molecular weight excluding hydrogens is 214 g/mol. The molecule has 4 nitrogen and oxygen atoms in total. The van der Waals surface area contributed by atoms with Gasteiger partial charge in [0.2, 0.25) is 0 Å². The second-order valence-corrected chi connectivity index (χ2v) is 3.94. The highest BCUT2D eigenvalue weighted by Crippen LogP contribution is 2.21. The smallest absolute Gasteiger partial charge is 0.155 e. The molecule has 1 aromatic carbocycles. The molecule has 17 heavy (non-hydrogen) atoms. The number of rotatable bonds is 3. The number of hydrogen-bond acceptors (Lipinski definition) is 4. The maximum atomic E-state index is 8.90. The van der Waals surface area contributed by atoms with Gasteiger partial charge in [-0.1, -0.05) is 12.1 Å². The van der Waals surface area contributed by atoms with E-state index in [9.17, 15) is 0 Å². The van der Waals surface area contributed by atoms with Crippen LogP contribution in [-0.2, 0) is 6.61 Å². The van der Waals surface area contributed by atoms with Gasteiger partial charge in [-0.05, 0) is 36.8 Å². The van der Waals surface area contributed by atoms with Crippen LogP contribution in [-0.4, -0.2) is 22.4 Å². The third-order valence-electron chi connectivity index (χ3n) is 2.60. The van der Waals surface area contributed by atoms with E-state index in [1.807, 2.05) is 30.1 Å². The fourth-order valence-electron chi connectivity index (χ4n) is 1.58. The monoisotopic (exact) mass is 229 g/mol. The summed E-state index contributed by atoms with van der Waals surface area (Å²) in [4.78, 5) is 1.96. The van der Waals surface area contributed by atoms with Gasteiger partial charge >= 0.3 is 0 Å². The van der Waals surface area contributed by atoms with Crippen LogP contribution in [0.3, 0.4) is 0 Å². The van der Waals surface area contributed by atoms with Crippen LogP contribution in [0.1, 0.15) is 11.3 Å². The molecule has 1 N–H and O–H groups in total. The Balaban J connectivity index is 2.27. The van der Waals surface area contributed by atoms with E-state index < -0.39 is 0 Å². The number of benzene rings is 1. The molecule has 2 aromatic rings. The van der Waals surface area contributed by atoms with Crippen molar-refractivity contribution >= 4 is 11.5 Å². The second-order valence-electron chi connectivity index (χ2n) is 3.94. The fourth-order valence-corrected chi connectivity index (χ4v) is 1.58. The van der Waals surface area contributed by atoms with E-state index in [4.69, 9.17) is 5.11 Å². The van der Waals surface area contributed by atoms with Crippen molar-refractivity contribution in [2.24, 2.45) is 0 Å². The maximum absolute atomic E-state index is 8.90. The minimum Gasteiger partial charge on any atom is -0.390 e. The van der Waals surface area contributed by atoms with Crippen LogP contribution in [0.2, 0.25) is 0 Å². The largest absolute Gasteiger partial charge is 0.390 e. The van der Waals surface area contributed by atoms with Gasteiger partial charge in [0.25, 0.3) is 0 Å². The third kappa shape index (κ3) is 2.60. The van der Waals surface area contributed by atoms with Crippen LogP contribution in [0.4, 0.5) is 11.5 Å². The molecule has 0 atom stereocenters. The van der Waals surface area contributed by atoms with Gasteiger partial charge in [-0.2, -0.15) is 5.10 Å². The van der Waals surface area contributed by atoms with E-state index in [1.165, 1.54) is 5.56 Å². The molecule has 1 aromatic heterocycles. The predicted molar refractivity (Wildman–Crippen MR) is 67.2 cm³/mol. The van der Waals surface area contributed by atoms with Crippen LogP contribution in [0.15, 0.2) is 36.4 Å². The molecule has 2 rings (SSSR count). The van der Waals surface area contributed by atoms with Crippen molar-refractivity contribution in [3.8, 4) is 0 Å². The number of nitrogens with zero attached hydrogens (tertiary/aromatic N) is 3. The molecule has 0 aliphatic heterocycles. The number of hydrogen-bond donors (Lipinski definition) is 1. The summed E-state index contributed by atoms with van der Waals surface area (Å²) in [6.45, 7) is 1.97. The second kappa shape index (κ2) is 4.93.